The molecule has 30 heavy (non-hydrogen) atoms. The van der Waals surface area contributed by atoms with Crippen LogP contribution in [-0.2, 0) is 17.6 Å². The number of benzene rings is 2. The number of morpholine rings is 1. The minimum atomic E-state index is -0.146. The van der Waals surface area contributed by atoms with Gasteiger partial charge in [0.05, 0.1) is 34.3 Å². The highest BCUT2D eigenvalue weighted by atomic mass is 35.5. The first-order valence-electron chi connectivity index (χ1n) is 10.4. The molecule has 1 fully saturated rings. The molecule has 0 amide bonds. The van der Waals surface area contributed by atoms with Crippen molar-refractivity contribution in [2.45, 2.75) is 26.7 Å². The van der Waals surface area contributed by atoms with Gasteiger partial charge in [0.1, 0.15) is 0 Å². The molecule has 0 unspecified atom stereocenters. The normalized spacial score (nSPS) is 15.1. The van der Waals surface area contributed by atoms with Crippen molar-refractivity contribution in [3.05, 3.63) is 68.8 Å². The van der Waals surface area contributed by atoms with E-state index < -0.39 is 0 Å². The van der Waals surface area contributed by atoms with Crippen LogP contribution in [0.25, 0.3) is 10.9 Å². The lowest BCUT2D eigenvalue weighted by Gasteiger charge is -2.26. The molecule has 0 aliphatic carbocycles. The van der Waals surface area contributed by atoms with E-state index in [9.17, 15) is 4.79 Å². The molecule has 0 radical (unpaired) electrons. The second-order valence-electron chi connectivity index (χ2n) is 7.71. The Balaban J connectivity index is 1.78. The first kappa shape index (κ1) is 21.4. The van der Waals surface area contributed by atoms with Crippen molar-refractivity contribution < 1.29 is 9.53 Å². The molecule has 0 N–H and O–H groups in total. The van der Waals surface area contributed by atoms with E-state index in [1.807, 2.05) is 6.92 Å². The van der Waals surface area contributed by atoms with Crippen molar-refractivity contribution >= 4 is 40.0 Å². The van der Waals surface area contributed by atoms with Crippen LogP contribution >= 0.6 is 23.2 Å². The third kappa shape index (κ3) is 4.02. The number of carbonyl (C=O) groups excluding carboxylic acids is 1. The SMILES string of the molecule is CCc1ccc2c(c1)c(CCN1CCOCC1)c(C)n2C(=O)c1cccc(Cl)c1Cl. The predicted octanol–water partition coefficient (Wildman–Crippen LogP) is 5.38. The third-order valence-corrected chi connectivity index (χ3v) is 6.79. The summed E-state index contributed by atoms with van der Waals surface area (Å²) in [6, 6.07) is 11.6. The number of ether oxygens (including phenoxy) is 1. The monoisotopic (exact) mass is 444 g/mol. The van der Waals surface area contributed by atoms with Crippen LogP contribution in [0.4, 0.5) is 0 Å². The summed E-state index contributed by atoms with van der Waals surface area (Å²) in [5, 5.41) is 1.83. The number of halogens is 2. The third-order valence-electron chi connectivity index (χ3n) is 5.97. The van der Waals surface area contributed by atoms with E-state index in [0.717, 1.165) is 62.3 Å². The summed E-state index contributed by atoms with van der Waals surface area (Å²) in [6.45, 7) is 8.60. The summed E-state index contributed by atoms with van der Waals surface area (Å²) in [7, 11) is 0. The maximum absolute atomic E-state index is 13.5. The zero-order chi connectivity index (χ0) is 21.3. The van der Waals surface area contributed by atoms with Gasteiger partial charge in [-0.25, -0.2) is 0 Å². The van der Waals surface area contributed by atoms with Gasteiger partial charge in [0.15, 0.2) is 0 Å². The van der Waals surface area contributed by atoms with Crippen LogP contribution in [0.15, 0.2) is 36.4 Å². The number of rotatable bonds is 5. The molecule has 1 aromatic heterocycles. The van der Waals surface area contributed by atoms with Crippen LogP contribution in [0.3, 0.4) is 0 Å². The van der Waals surface area contributed by atoms with E-state index in [0.29, 0.717) is 15.6 Å². The average Bonchev–Trinajstić information content (AvgIpc) is 3.04. The van der Waals surface area contributed by atoms with Gasteiger partial charge in [-0.1, -0.05) is 42.3 Å². The number of hydrogen-bond acceptors (Lipinski definition) is 3. The number of carbonyl (C=O) groups is 1. The van der Waals surface area contributed by atoms with Crippen molar-refractivity contribution in [1.82, 2.24) is 9.47 Å². The molecule has 1 saturated heterocycles. The number of fused-ring (bicyclic) bond motifs is 1. The smallest absolute Gasteiger partial charge is 0.264 e. The first-order valence-corrected chi connectivity index (χ1v) is 11.2. The lowest BCUT2D eigenvalue weighted by molar-refractivity contribution is 0.0384. The van der Waals surface area contributed by atoms with Crippen molar-refractivity contribution in [2.75, 3.05) is 32.8 Å². The fourth-order valence-electron chi connectivity index (χ4n) is 4.21. The van der Waals surface area contributed by atoms with Crippen LogP contribution in [0.2, 0.25) is 10.0 Å². The molecular formula is C24H26Cl2N2O2. The number of aromatic nitrogens is 1. The van der Waals surface area contributed by atoms with Gasteiger partial charge in [-0.05, 0) is 55.2 Å². The summed E-state index contributed by atoms with van der Waals surface area (Å²) in [6.07, 6.45) is 1.84. The summed E-state index contributed by atoms with van der Waals surface area (Å²) in [4.78, 5) is 15.9. The van der Waals surface area contributed by atoms with Crippen LogP contribution in [-0.4, -0.2) is 48.2 Å². The largest absolute Gasteiger partial charge is 0.379 e. The van der Waals surface area contributed by atoms with Gasteiger partial charge in [0, 0.05) is 30.7 Å². The molecule has 1 aliphatic rings. The zero-order valence-corrected chi connectivity index (χ0v) is 18.9. The molecule has 1 aliphatic heterocycles. The van der Waals surface area contributed by atoms with Crippen molar-refractivity contribution in [2.24, 2.45) is 0 Å². The van der Waals surface area contributed by atoms with Gasteiger partial charge >= 0.3 is 0 Å². The highest BCUT2D eigenvalue weighted by Crippen LogP contribution is 2.32. The Morgan fingerprint density at radius 2 is 1.90 bits per heavy atom. The summed E-state index contributed by atoms with van der Waals surface area (Å²) in [5.74, 6) is -0.146. The van der Waals surface area contributed by atoms with Gasteiger partial charge in [-0.2, -0.15) is 0 Å². The summed E-state index contributed by atoms with van der Waals surface area (Å²) in [5.41, 5.74) is 4.79. The topological polar surface area (TPSA) is 34.5 Å². The molecule has 0 spiro atoms. The van der Waals surface area contributed by atoms with Crippen LogP contribution in [0.1, 0.15) is 34.1 Å². The first-order chi connectivity index (χ1) is 14.5. The quantitative estimate of drug-likeness (QED) is 0.529. The maximum Gasteiger partial charge on any atom is 0.264 e. The minimum absolute atomic E-state index is 0.146. The molecule has 158 valence electrons. The van der Waals surface area contributed by atoms with E-state index in [4.69, 9.17) is 27.9 Å². The Morgan fingerprint density at radius 3 is 2.63 bits per heavy atom. The molecule has 4 rings (SSSR count). The Bertz CT molecular complexity index is 1080. The Kier molecular flexibility index (Phi) is 6.49. The molecule has 2 heterocycles. The van der Waals surface area contributed by atoms with Crippen molar-refractivity contribution in [3.63, 3.8) is 0 Å². The highest BCUT2D eigenvalue weighted by molar-refractivity contribution is 6.44. The summed E-state index contributed by atoms with van der Waals surface area (Å²) < 4.78 is 7.26. The van der Waals surface area contributed by atoms with Crippen LogP contribution in [0.5, 0.6) is 0 Å². The Labute approximate surface area is 187 Å². The molecule has 4 nitrogen and oxygen atoms in total. The predicted molar refractivity (Wildman–Crippen MR) is 123 cm³/mol. The molecule has 0 atom stereocenters. The van der Waals surface area contributed by atoms with Crippen LogP contribution in [0, 0.1) is 6.92 Å². The number of hydrogen-bond donors (Lipinski definition) is 0. The average molecular weight is 445 g/mol. The Morgan fingerprint density at radius 1 is 1.13 bits per heavy atom. The van der Waals surface area contributed by atoms with E-state index in [2.05, 4.69) is 30.0 Å². The Hall–Kier alpha value is -1.85. The van der Waals surface area contributed by atoms with Crippen molar-refractivity contribution in [1.29, 1.82) is 0 Å². The van der Waals surface area contributed by atoms with Gasteiger partial charge in [0.25, 0.3) is 5.91 Å². The number of aryl methyl sites for hydroxylation is 1. The molecular weight excluding hydrogens is 419 g/mol. The highest BCUT2D eigenvalue weighted by Gasteiger charge is 2.23. The fourth-order valence-corrected chi connectivity index (χ4v) is 4.59. The van der Waals surface area contributed by atoms with E-state index in [1.165, 1.54) is 11.1 Å². The van der Waals surface area contributed by atoms with E-state index in [1.54, 1.807) is 22.8 Å². The van der Waals surface area contributed by atoms with Gasteiger partial charge in [-0.15, -0.1) is 0 Å². The number of nitrogens with zero attached hydrogens (tertiary/aromatic N) is 2. The van der Waals surface area contributed by atoms with Crippen molar-refractivity contribution in [3.8, 4) is 0 Å². The molecule has 0 saturated carbocycles. The summed E-state index contributed by atoms with van der Waals surface area (Å²) >= 11 is 12.5. The van der Waals surface area contributed by atoms with E-state index >= 15 is 0 Å². The van der Waals surface area contributed by atoms with Gasteiger partial charge in [-0.3, -0.25) is 14.3 Å². The molecule has 3 aromatic rings. The zero-order valence-electron chi connectivity index (χ0n) is 17.4. The lowest BCUT2D eigenvalue weighted by Crippen LogP contribution is -2.37. The second kappa shape index (κ2) is 9.11. The van der Waals surface area contributed by atoms with Crippen LogP contribution < -0.4 is 0 Å². The standard InChI is InChI=1S/C24H26Cl2N2O2/c1-3-17-7-8-22-20(15-17)18(9-10-27-11-13-30-14-12-27)16(2)28(22)24(29)19-5-4-6-21(25)23(19)26/h4-8,15H,3,9-14H2,1-2H3. The molecule has 0 bridgehead atoms. The van der Waals surface area contributed by atoms with Gasteiger partial charge < -0.3 is 4.74 Å². The molecule has 2 aromatic carbocycles. The maximum atomic E-state index is 13.5. The van der Waals surface area contributed by atoms with Gasteiger partial charge in [0.2, 0.25) is 0 Å². The lowest BCUT2D eigenvalue weighted by atomic mass is 10.0. The fraction of sp³-hybridized carbons (Fsp3) is 0.375. The van der Waals surface area contributed by atoms with E-state index in [-0.39, 0.29) is 5.91 Å². The minimum Gasteiger partial charge on any atom is -0.379 e. The molecule has 6 heteroatoms. The second-order valence-corrected chi connectivity index (χ2v) is 8.50.